The number of ether oxygens (including phenoxy) is 2. The Balaban J connectivity index is 1.95. The van der Waals surface area contributed by atoms with Crippen LogP contribution in [0, 0.1) is 0 Å². The van der Waals surface area contributed by atoms with Crippen molar-refractivity contribution in [2.75, 3.05) is 19.5 Å². The molecule has 5 heteroatoms. The number of methoxy groups -OCH3 is 1. The fraction of sp³-hybridized carbons (Fsp3) is 0.600. The molecular weight excluding hydrogens is 274 g/mol. The van der Waals surface area contributed by atoms with Gasteiger partial charge in [-0.25, -0.2) is 0 Å². The number of hydrogen-bond donors (Lipinski definition) is 1. The molecule has 1 aliphatic heterocycles. The molecule has 0 radical (unpaired) electrons. The lowest BCUT2D eigenvalue weighted by Gasteiger charge is -2.21. The molecule has 0 saturated carbocycles. The molecule has 2 N–H and O–H groups in total. The standard InChI is InChI=1S/C15H23NO3S/c1-11(20(17)10-14-4-3-9-19-14)15(16)12-5-7-13(18-2)8-6-12/h5-8,11,14-15H,3-4,9-10,16H2,1-2H3. The van der Waals surface area contributed by atoms with E-state index in [1.165, 1.54) is 0 Å². The third-order valence-corrected chi connectivity index (χ3v) is 5.62. The van der Waals surface area contributed by atoms with Crippen LogP contribution < -0.4 is 10.5 Å². The van der Waals surface area contributed by atoms with Crippen molar-refractivity contribution in [1.29, 1.82) is 0 Å². The van der Waals surface area contributed by atoms with Gasteiger partial charge in [-0.1, -0.05) is 12.1 Å². The number of rotatable bonds is 6. The van der Waals surface area contributed by atoms with E-state index >= 15 is 0 Å². The Labute approximate surface area is 123 Å². The zero-order chi connectivity index (χ0) is 14.5. The van der Waals surface area contributed by atoms with Crippen molar-refractivity contribution in [3.05, 3.63) is 29.8 Å². The van der Waals surface area contributed by atoms with Crippen LogP contribution >= 0.6 is 0 Å². The second-order valence-electron chi connectivity index (χ2n) is 5.19. The lowest BCUT2D eigenvalue weighted by atomic mass is 10.1. The minimum atomic E-state index is -0.974. The highest BCUT2D eigenvalue weighted by molar-refractivity contribution is 7.85. The first-order valence-corrected chi connectivity index (χ1v) is 8.38. The Bertz CT molecular complexity index is 443. The summed E-state index contributed by atoms with van der Waals surface area (Å²) < 4.78 is 23.0. The maximum absolute atomic E-state index is 12.4. The van der Waals surface area contributed by atoms with Crippen molar-refractivity contribution in [2.45, 2.75) is 37.2 Å². The second-order valence-corrected chi connectivity index (χ2v) is 7.02. The first-order valence-electron chi connectivity index (χ1n) is 7.00. The Morgan fingerprint density at radius 2 is 2.15 bits per heavy atom. The maximum atomic E-state index is 12.4. The fourth-order valence-corrected chi connectivity index (χ4v) is 3.79. The smallest absolute Gasteiger partial charge is 0.118 e. The van der Waals surface area contributed by atoms with Crippen LogP contribution in [-0.4, -0.2) is 35.0 Å². The summed E-state index contributed by atoms with van der Waals surface area (Å²) in [7, 11) is 0.660. The molecule has 4 atom stereocenters. The van der Waals surface area contributed by atoms with E-state index in [1.807, 2.05) is 31.2 Å². The van der Waals surface area contributed by atoms with E-state index in [0.29, 0.717) is 5.75 Å². The van der Waals surface area contributed by atoms with E-state index in [0.717, 1.165) is 30.8 Å². The summed E-state index contributed by atoms with van der Waals surface area (Å²) in [6, 6.07) is 7.39. The van der Waals surface area contributed by atoms with Crippen LogP contribution in [0.2, 0.25) is 0 Å². The van der Waals surface area contributed by atoms with Crippen LogP contribution in [0.25, 0.3) is 0 Å². The normalized spacial score (nSPS) is 23.2. The van der Waals surface area contributed by atoms with Crippen molar-refractivity contribution in [1.82, 2.24) is 0 Å². The lowest BCUT2D eigenvalue weighted by molar-refractivity contribution is 0.128. The van der Waals surface area contributed by atoms with Crippen LogP contribution in [-0.2, 0) is 15.5 Å². The van der Waals surface area contributed by atoms with Gasteiger partial charge in [-0.15, -0.1) is 0 Å². The van der Waals surface area contributed by atoms with Crippen LogP contribution in [0.4, 0.5) is 0 Å². The molecule has 1 heterocycles. The summed E-state index contributed by atoms with van der Waals surface area (Å²) >= 11 is 0. The average Bonchev–Trinajstić information content (AvgIpc) is 2.98. The topological polar surface area (TPSA) is 61.5 Å². The molecule has 4 unspecified atom stereocenters. The Hall–Kier alpha value is -0.910. The van der Waals surface area contributed by atoms with Gasteiger partial charge in [0.25, 0.3) is 0 Å². The lowest BCUT2D eigenvalue weighted by Crippen LogP contribution is -2.31. The molecule has 20 heavy (non-hydrogen) atoms. The molecule has 4 nitrogen and oxygen atoms in total. The minimum absolute atomic E-state index is 0.0902. The Morgan fingerprint density at radius 1 is 1.45 bits per heavy atom. The second kappa shape index (κ2) is 7.20. The Morgan fingerprint density at radius 3 is 2.70 bits per heavy atom. The van der Waals surface area contributed by atoms with Gasteiger partial charge < -0.3 is 15.2 Å². The summed E-state index contributed by atoms with van der Waals surface area (Å²) in [5.74, 6) is 1.39. The van der Waals surface area contributed by atoms with Gasteiger partial charge in [0.2, 0.25) is 0 Å². The molecule has 0 spiro atoms. The monoisotopic (exact) mass is 297 g/mol. The summed E-state index contributed by atoms with van der Waals surface area (Å²) in [5, 5.41) is -0.0902. The molecule has 0 aliphatic carbocycles. The largest absolute Gasteiger partial charge is 0.497 e. The zero-order valence-electron chi connectivity index (χ0n) is 12.1. The number of hydrogen-bond acceptors (Lipinski definition) is 4. The van der Waals surface area contributed by atoms with E-state index in [1.54, 1.807) is 7.11 Å². The predicted molar refractivity (Wildman–Crippen MR) is 81.4 cm³/mol. The van der Waals surface area contributed by atoms with Crippen molar-refractivity contribution in [3.8, 4) is 5.75 Å². The van der Waals surface area contributed by atoms with E-state index in [2.05, 4.69) is 0 Å². The van der Waals surface area contributed by atoms with Gasteiger partial charge in [0, 0.05) is 23.4 Å². The van der Waals surface area contributed by atoms with Gasteiger partial charge >= 0.3 is 0 Å². The molecule has 2 rings (SSSR count). The SMILES string of the molecule is COc1ccc(C(N)C(C)S(=O)CC2CCCO2)cc1. The summed E-state index contributed by atoms with van der Waals surface area (Å²) in [6.45, 7) is 2.74. The van der Waals surface area contributed by atoms with Gasteiger partial charge in [0.1, 0.15) is 5.75 Å². The molecule has 1 saturated heterocycles. The maximum Gasteiger partial charge on any atom is 0.118 e. The van der Waals surface area contributed by atoms with Gasteiger partial charge in [-0.2, -0.15) is 0 Å². The molecule has 0 amide bonds. The van der Waals surface area contributed by atoms with E-state index in [4.69, 9.17) is 15.2 Å². The molecule has 1 aromatic rings. The predicted octanol–water partition coefficient (Wildman–Crippen LogP) is 2.01. The number of nitrogens with two attached hydrogens (primary N) is 1. The third kappa shape index (κ3) is 3.81. The van der Waals surface area contributed by atoms with Crippen LogP contribution in [0.5, 0.6) is 5.75 Å². The minimum Gasteiger partial charge on any atom is -0.497 e. The van der Waals surface area contributed by atoms with Gasteiger partial charge in [-0.05, 0) is 37.5 Å². The molecular formula is C15H23NO3S. The molecule has 1 aromatic carbocycles. The van der Waals surface area contributed by atoms with Gasteiger partial charge in [0.05, 0.1) is 24.2 Å². The van der Waals surface area contributed by atoms with Gasteiger partial charge in [0.15, 0.2) is 0 Å². The molecule has 0 aromatic heterocycles. The van der Waals surface area contributed by atoms with Crippen molar-refractivity contribution < 1.29 is 13.7 Å². The molecule has 0 bridgehead atoms. The fourth-order valence-electron chi connectivity index (χ4n) is 2.37. The van der Waals surface area contributed by atoms with E-state index in [-0.39, 0.29) is 17.4 Å². The third-order valence-electron chi connectivity index (χ3n) is 3.80. The zero-order valence-corrected chi connectivity index (χ0v) is 12.9. The first kappa shape index (κ1) is 15.5. The highest BCUT2D eigenvalue weighted by atomic mass is 32.2. The number of benzene rings is 1. The molecule has 112 valence electrons. The van der Waals surface area contributed by atoms with Crippen LogP contribution in [0.1, 0.15) is 31.4 Å². The summed E-state index contributed by atoms with van der Waals surface area (Å²) in [5.41, 5.74) is 7.22. The summed E-state index contributed by atoms with van der Waals surface area (Å²) in [6.07, 6.45) is 2.22. The van der Waals surface area contributed by atoms with Gasteiger partial charge in [-0.3, -0.25) is 4.21 Å². The van der Waals surface area contributed by atoms with Crippen molar-refractivity contribution in [2.24, 2.45) is 5.73 Å². The van der Waals surface area contributed by atoms with Crippen LogP contribution in [0.3, 0.4) is 0 Å². The van der Waals surface area contributed by atoms with E-state index in [9.17, 15) is 4.21 Å². The first-order chi connectivity index (χ1) is 9.61. The van der Waals surface area contributed by atoms with Crippen molar-refractivity contribution >= 4 is 10.8 Å². The molecule has 1 fully saturated rings. The summed E-state index contributed by atoms with van der Waals surface area (Å²) in [4.78, 5) is 0. The average molecular weight is 297 g/mol. The molecule has 1 aliphatic rings. The Kier molecular flexibility index (Phi) is 5.57. The van der Waals surface area contributed by atoms with E-state index < -0.39 is 10.8 Å². The quantitative estimate of drug-likeness (QED) is 0.872. The highest BCUT2D eigenvalue weighted by Crippen LogP contribution is 2.23. The highest BCUT2D eigenvalue weighted by Gasteiger charge is 2.25. The van der Waals surface area contributed by atoms with Crippen molar-refractivity contribution in [3.63, 3.8) is 0 Å². The van der Waals surface area contributed by atoms with Crippen LogP contribution in [0.15, 0.2) is 24.3 Å².